The highest BCUT2D eigenvalue weighted by Crippen LogP contribution is 2.37. The number of primary amides is 1. The normalized spacial score (nSPS) is 47.3. The largest absolute Gasteiger partial charge is 0.394 e. The first-order valence-corrected chi connectivity index (χ1v) is 14.7. The number of carbonyl (C=O) groups excluding carboxylic acids is 1. The summed E-state index contributed by atoms with van der Waals surface area (Å²) in [5, 5.41) is 52.0. The number of ether oxygens (including phenoxy) is 6. The van der Waals surface area contributed by atoms with E-state index >= 15 is 0 Å². The van der Waals surface area contributed by atoms with Crippen LogP contribution in [0.1, 0.15) is 65.2 Å². The van der Waals surface area contributed by atoms with E-state index in [0.29, 0.717) is 25.9 Å². The second kappa shape index (κ2) is 14.5. The Kier molecular flexibility index (Phi) is 11.6. The van der Waals surface area contributed by atoms with Gasteiger partial charge in [-0.25, -0.2) is 0 Å². The van der Waals surface area contributed by atoms with Crippen molar-refractivity contribution in [3.8, 4) is 0 Å². The zero-order valence-electron chi connectivity index (χ0n) is 23.3. The summed E-state index contributed by atoms with van der Waals surface area (Å²) in [5.41, 5.74) is 5.59. The Morgan fingerprint density at radius 1 is 0.850 bits per heavy atom. The standard InChI is InChI=1S/C27H47NO12/c1-3-14-8-7-10-15(22(14)40-26-21(33)20(32)18(30)13(2)36-26)38-27-24-23(19(31)17(12-29)39-27)37-16(25(28)34)9-5-4-6-11-35-24/h13-24,26-27,29-33H,3-12H2,1-2H3,(H2,28,34)/t13?,14-,15-,16-,17?,18-,19+,20?,21+,22?,23?,24?,26?,27-/m1/s1. The van der Waals surface area contributed by atoms with Gasteiger partial charge < -0.3 is 59.7 Å². The molecule has 0 aromatic rings. The smallest absolute Gasteiger partial charge is 0.246 e. The number of rotatable bonds is 7. The van der Waals surface area contributed by atoms with Crippen LogP contribution in [0.5, 0.6) is 0 Å². The van der Waals surface area contributed by atoms with Crippen LogP contribution in [0.2, 0.25) is 0 Å². The number of aliphatic hydroxyl groups is 5. The van der Waals surface area contributed by atoms with Gasteiger partial charge in [-0.3, -0.25) is 4.79 Å². The average Bonchev–Trinajstić information content (AvgIpc) is 2.94. The van der Waals surface area contributed by atoms with Gasteiger partial charge in [0.25, 0.3) is 0 Å². The zero-order valence-corrected chi connectivity index (χ0v) is 23.3. The molecule has 232 valence electrons. The van der Waals surface area contributed by atoms with Gasteiger partial charge >= 0.3 is 0 Å². The highest BCUT2D eigenvalue weighted by atomic mass is 16.7. The van der Waals surface area contributed by atoms with E-state index in [1.807, 2.05) is 6.92 Å². The quantitative estimate of drug-likeness (QED) is 0.218. The molecule has 0 aromatic carbocycles. The molecule has 7 unspecified atom stereocenters. The molecule has 3 heterocycles. The van der Waals surface area contributed by atoms with Crippen molar-refractivity contribution >= 4 is 5.91 Å². The molecule has 13 heteroatoms. The maximum Gasteiger partial charge on any atom is 0.246 e. The lowest BCUT2D eigenvalue weighted by Gasteiger charge is -2.48. The van der Waals surface area contributed by atoms with Crippen molar-refractivity contribution < 1.29 is 58.7 Å². The molecule has 1 aliphatic carbocycles. The number of carbonyl (C=O) groups is 1. The van der Waals surface area contributed by atoms with Crippen LogP contribution in [0.4, 0.5) is 0 Å². The van der Waals surface area contributed by atoms with Gasteiger partial charge in [-0.15, -0.1) is 0 Å². The summed E-state index contributed by atoms with van der Waals surface area (Å²) < 4.78 is 36.7. The number of aliphatic hydroxyl groups excluding tert-OH is 5. The SMILES string of the molecule is CC[C@@H]1CCC[C@@H](O[C@@H]2OC(CO)[C@H](O)C3O[C@@H](C(N)=O)CCCCCOC32)C1OC1OC(C)[C@@H](O)C(O)[C@@H]1O. The molecule has 0 aromatic heterocycles. The predicted octanol–water partition coefficient (Wildman–Crippen LogP) is -0.929. The van der Waals surface area contributed by atoms with Crippen molar-refractivity contribution in [1.82, 2.24) is 0 Å². The Balaban J connectivity index is 1.56. The van der Waals surface area contributed by atoms with Crippen molar-refractivity contribution in [3.05, 3.63) is 0 Å². The first-order valence-electron chi connectivity index (χ1n) is 14.7. The highest BCUT2D eigenvalue weighted by molar-refractivity contribution is 5.78. The molecule has 4 rings (SSSR count). The molecular weight excluding hydrogens is 530 g/mol. The third-order valence-electron chi connectivity index (χ3n) is 8.69. The van der Waals surface area contributed by atoms with Crippen LogP contribution in [0, 0.1) is 5.92 Å². The Morgan fingerprint density at radius 3 is 2.33 bits per heavy atom. The van der Waals surface area contributed by atoms with Gasteiger partial charge in [-0.05, 0) is 38.5 Å². The minimum absolute atomic E-state index is 0.0351. The molecule has 0 spiro atoms. The highest BCUT2D eigenvalue weighted by Gasteiger charge is 2.51. The molecule has 4 fully saturated rings. The van der Waals surface area contributed by atoms with Crippen molar-refractivity contribution in [2.75, 3.05) is 13.2 Å². The minimum atomic E-state index is -1.46. The monoisotopic (exact) mass is 577 g/mol. The maximum absolute atomic E-state index is 12.1. The first-order chi connectivity index (χ1) is 19.2. The third kappa shape index (κ3) is 7.14. The van der Waals surface area contributed by atoms with Gasteiger partial charge in [0.05, 0.1) is 24.9 Å². The van der Waals surface area contributed by atoms with Crippen LogP contribution >= 0.6 is 0 Å². The Morgan fingerprint density at radius 2 is 1.62 bits per heavy atom. The summed E-state index contributed by atoms with van der Waals surface area (Å²) in [7, 11) is 0. The molecule has 14 atom stereocenters. The summed E-state index contributed by atoms with van der Waals surface area (Å²) >= 11 is 0. The van der Waals surface area contributed by atoms with Gasteiger partial charge in [0.1, 0.15) is 48.8 Å². The molecule has 40 heavy (non-hydrogen) atoms. The molecule has 13 nitrogen and oxygen atoms in total. The Hall–Kier alpha value is -0.970. The van der Waals surface area contributed by atoms with Gasteiger partial charge in [0.2, 0.25) is 5.91 Å². The van der Waals surface area contributed by atoms with Gasteiger partial charge in [-0.1, -0.05) is 32.6 Å². The van der Waals surface area contributed by atoms with Crippen LogP contribution in [0.25, 0.3) is 0 Å². The molecule has 4 aliphatic rings. The zero-order chi connectivity index (χ0) is 29.0. The first kappa shape index (κ1) is 32.0. The van der Waals surface area contributed by atoms with Crippen LogP contribution in [-0.2, 0) is 33.2 Å². The topological polar surface area (TPSA) is 200 Å². The van der Waals surface area contributed by atoms with Crippen molar-refractivity contribution in [3.63, 3.8) is 0 Å². The summed E-state index contributed by atoms with van der Waals surface area (Å²) in [5.74, 6) is -0.608. The molecular formula is C27H47NO12. The van der Waals surface area contributed by atoms with E-state index in [1.54, 1.807) is 6.92 Å². The van der Waals surface area contributed by atoms with E-state index in [2.05, 4.69) is 0 Å². The fourth-order valence-electron chi connectivity index (χ4n) is 6.22. The minimum Gasteiger partial charge on any atom is -0.394 e. The van der Waals surface area contributed by atoms with Crippen LogP contribution < -0.4 is 5.73 Å². The summed E-state index contributed by atoms with van der Waals surface area (Å²) in [6, 6.07) is 0. The maximum atomic E-state index is 12.1. The lowest BCUT2D eigenvalue weighted by molar-refractivity contribution is -0.353. The molecule has 0 radical (unpaired) electrons. The van der Waals surface area contributed by atoms with Crippen LogP contribution in [-0.4, -0.2) is 124 Å². The van der Waals surface area contributed by atoms with E-state index in [-0.39, 0.29) is 5.92 Å². The van der Waals surface area contributed by atoms with Gasteiger partial charge in [0, 0.05) is 6.61 Å². The molecule has 3 saturated heterocycles. The number of nitrogens with two attached hydrogens (primary N) is 1. The molecule has 0 bridgehead atoms. The van der Waals surface area contributed by atoms with Crippen molar-refractivity contribution in [1.29, 1.82) is 0 Å². The Bertz CT molecular complexity index is 805. The lowest BCUT2D eigenvalue weighted by atomic mass is 9.82. The molecule has 1 amide bonds. The fourth-order valence-corrected chi connectivity index (χ4v) is 6.22. The van der Waals surface area contributed by atoms with E-state index in [4.69, 9.17) is 34.2 Å². The second-order valence-electron chi connectivity index (χ2n) is 11.4. The van der Waals surface area contributed by atoms with Gasteiger partial charge in [0.15, 0.2) is 12.6 Å². The fraction of sp³-hybridized carbons (Fsp3) is 0.963. The number of hydrogen-bond acceptors (Lipinski definition) is 12. The second-order valence-corrected chi connectivity index (χ2v) is 11.4. The Labute approximate surface area is 234 Å². The summed E-state index contributed by atoms with van der Waals surface area (Å²) in [6.45, 7) is 3.45. The average molecular weight is 578 g/mol. The van der Waals surface area contributed by atoms with Crippen LogP contribution in [0.15, 0.2) is 0 Å². The molecule has 3 aliphatic heterocycles. The number of hydrogen-bond donors (Lipinski definition) is 6. The summed E-state index contributed by atoms with van der Waals surface area (Å²) in [4.78, 5) is 12.1. The number of amides is 1. The van der Waals surface area contributed by atoms with Crippen molar-refractivity contribution in [2.24, 2.45) is 11.7 Å². The van der Waals surface area contributed by atoms with E-state index < -0.39 is 92.2 Å². The van der Waals surface area contributed by atoms with Crippen molar-refractivity contribution in [2.45, 2.75) is 145 Å². The molecule has 1 saturated carbocycles. The third-order valence-corrected chi connectivity index (χ3v) is 8.69. The van der Waals surface area contributed by atoms with E-state index in [1.165, 1.54) is 0 Å². The van der Waals surface area contributed by atoms with Gasteiger partial charge in [-0.2, -0.15) is 0 Å². The van der Waals surface area contributed by atoms with E-state index in [9.17, 15) is 30.3 Å². The molecule has 7 N–H and O–H groups in total. The lowest BCUT2D eigenvalue weighted by Crippen LogP contribution is -2.63. The summed E-state index contributed by atoms with van der Waals surface area (Å²) in [6.07, 6.45) is -7.88. The number of fused-ring (bicyclic) bond motifs is 1. The van der Waals surface area contributed by atoms with Crippen LogP contribution in [0.3, 0.4) is 0 Å². The predicted molar refractivity (Wildman–Crippen MR) is 138 cm³/mol. The van der Waals surface area contributed by atoms with E-state index in [0.717, 1.165) is 32.1 Å².